The lowest BCUT2D eigenvalue weighted by Gasteiger charge is -2.36. The number of rotatable bonds is 2. The van der Waals surface area contributed by atoms with Crippen molar-refractivity contribution in [2.45, 2.75) is 0 Å². The van der Waals surface area contributed by atoms with Crippen LogP contribution in [0.25, 0.3) is 0 Å². The number of carbonyl (C=O) groups excluding carboxylic acids is 1. The normalized spacial score (nSPS) is 15.1. The number of hydrogen-bond acceptors (Lipinski definition) is 2. The fourth-order valence-corrected chi connectivity index (χ4v) is 3.15. The predicted octanol–water partition coefficient (Wildman–Crippen LogP) is 3.25. The molecule has 1 saturated heterocycles. The van der Waals surface area contributed by atoms with Gasteiger partial charge in [-0.05, 0) is 52.9 Å². The van der Waals surface area contributed by atoms with Gasteiger partial charge in [0.15, 0.2) is 0 Å². The first-order valence-corrected chi connectivity index (χ1v) is 8.17. The molecule has 0 unspecified atom stereocenters. The molecule has 3 rings (SSSR count). The smallest absolute Gasteiger partial charge is 0.254 e. The Morgan fingerprint density at radius 3 is 2.29 bits per heavy atom. The van der Waals surface area contributed by atoms with Crippen LogP contribution in [0.3, 0.4) is 0 Å². The average molecular weight is 392 g/mol. The maximum atomic E-state index is 12.5. The first-order valence-electron chi connectivity index (χ1n) is 7.09. The molecule has 0 N–H and O–H groups in total. The van der Waals surface area contributed by atoms with Gasteiger partial charge >= 0.3 is 0 Å². The number of para-hydroxylation sites is 1. The lowest BCUT2D eigenvalue weighted by molar-refractivity contribution is 0.0746. The minimum atomic E-state index is 0.140. The molecule has 2 aromatic rings. The third kappa shape index (κ3) is 3.37. The van der Waals surface area contributed by atoms with E-state index in [0.717, 1.165) is 35.3 Å². The number of nitrogens with zero attached hydrogens (tertiary/aromatic N) is 2. The van der Waals surface area contributed by atoms with Crippen LogP contribution in [-0.2, 0) is 0 Å². The Balaban J connectivity index is 1.64. The molecule has 4 heteroatoms. The lowest BCUT2D eigenvalue weighted by Crippen LogP contribution is -2.48. The number of piperazine rings is 1. The van der Waals surface area contributed by atoms with Crippen LogP contribution in [0.5, 0.6) is 0 Å². The van der Waals surface area contributed by atoms with Gasteiger partial charge in [-0.25, -0.2) is 0 Å². The molecule has 1 fully saturated rings. The monoisotopic (exact) mass is 392 g/mol. The highest BCUT2D eigenvalue weighted by Gasteiger charge is 2.22. The minimum absolute atomic E-state index is 0.140. The quantitative estimate of drug-likeness (QED) is 0.733. The van der Waals surface area contributed by atoms with Crippen molar-refractivity contribution in [2.24, 2.45) is 0 Å². The van der Waals surface area contributed by atoms with Gasteiger partial charge in [-0.15, -0.1) is 0 Å². The second-order valence-electron chi connectivity index (χ2n) is 5.13. The van der Waals surface area contributed by atoms with Gasteiger partial charge in [0.25, 0.3) is 5.91 Å². The number of carbonyl (C=O) groups is 1. The Labute approximate surface area is 138 Å². The van der Waals surface area contributed by atoms with Crippen LogP contribution in [-0.4, -0.2) is 37.0 Å². The van der Waals surface area contributed by atoms with Crippen LogP contribution in [0.1, 0.15) is 10.4 Å². The zero-order chi connectivity index (χ0) is 14.7. The summed E-state index contributed by atoms with van der Waals surface area (Å²) < 4.78 is 1.10. The zero-order valence-electron chi connectivity index (χ0n) is 11.7. The molecular formula is C17H17IN2O. The number of anilines is 1. The van der Waals surface area contributed by atoms with E-state index in [-0.39, 0.29) is 5.91 Å². The highest BCUT2D eigenvalue weighted by Crippen LogP contribution is 2.17. The van der Waals surface area contributed by atoms with E-state index in [1.807, 2.05) is 35.2 Å². The summed E-state index contributed by atoms with van der Waals surface area (Å²) in [5.74, 6) is 0.140. The summed E-state index contributed by atoms with van der Waals surface area (Å²) in [6.07, 6.45) is 0. The van der Waals surface area contributed by atoms with Crippen molar-refractivity contribution in [2.75, 3.05) is 31.1 Å². The van der Waals surface area contributed by atoms with Crippen LogP contribution in [0.4, 0.5) is 5.69 Å². The van der Waals surface area contributed by atoms with Crippen molar-refractivity contribution in [1.82, 2.24) is 4.90 Å². The molecular weight excluding hydrogens is 375 g/mol. The van der Waals surface area contributed by atoms with Gasteiger partial charge in [0, 0.05) is 41.0 Å². The Bertz CT molecular complexity index is 622. The van der Waals surface area contributed by atoms with Crippen LogP contribution < -0.4 is 4.90 Å². The Hall–Kier alpha value is -1.56. The molecule has 1 heterocycles. The molecule has 0 saturated carbocycles. The number of benzene rings is 2. The van der Waals surface area contributed by atoms with Crippen molar-refractivity contribution in [3.8, 4) is 0 Å². The summed E-state index contributed by atoms with van der Waals surface area (Å²) in [7, 11) is 0. The number of halogens is 1. The van der Waals surface area contributed by atoms with E-state index in [4.69, 9.17) is 0 Å². The first-order chi connectivity index (χ1) is 10.2. The van der Waals surface area contributed by atoms with Crippen molar-refractivity contribution < 1.29 is 4.79 Å². The van der Waals surface area contributed by atoms with Crippen molar-refractivity contribution >= 4 is 34.2 Å². The Morgan fingerprint density at radius 2 is 1.62 bits per heavy atom. The molecule has 1 aliphatic heterocycles. The first kappa shape index (κ1) is 14.4. The highest BCUT2D eigenvalue weighted by atomic mass is 127. The standard InChI is InChI=1S/C17H17IN2O/c18-15-6-4-5-14(13-15)17(21)20-11-9-19(10-12-20)16-7-2-1-3-8-16/h1-8,13H,9-12H2. The summed E-state index contributed by atoms with van der Waals surface area (Å²) in [6, 6.07) is 18.2. The lowest BCUT2D eigenvalue weighted by atomic mass is 10.1. The van der Waals surface area contributed by atoms with E-state index in [2.05, 4.69) is 51.8 Å². The average Bonchev–Trinajstić information content (AvgIpc) is 2.55. The summed E-state index contributed by atoms with van der Waals surface area (Å²) in [6.45, 7) is 3.33. The fraction of sp³-hybridized carbons (Fsp3) is 0.235. The van der Waals surface area contributed by atoms with Crippen LogP contribution in [0.2, 0.25) is 0 Å². The maximum absolute atomic E-state index is 12.5. The molecule has 108 valence electrons. The van der Waals surface area contributed by atoms with Gasteiger partial charge in [-0.2, -0.15) is 0 Å². The van der Waals surface area contributed by atoms with Crippen molar-refractivity contribution in [1.29, 1.82) is 0 Å². The summed E-state index contributed by atoms with van der Waals surface area (Å²) in [5, 5.41) is 0. The summed E-state index contributed by atoms with van der Waals surface area (Å²) >= 11 is 2.24. The van der Waals surface area contributed by atoms with Gasteiger partial charge in [0.05, 0.1) is 0 Å². The van der Waals surface area contributed by atoms with Crippen LogP contribution >= 0.6 is 22.6 Å². The molecule has 1 amide bonds. The molecule has 3 nitrogen and oxygen atoms in total. The predicted molar refractivity (Wildman–Crippen MR) is 93.7 cm³/mol. The molecule has 0 spiro atoms. The van der Waals surface area contributed by atoms with Crippen molar-refractivity contribution in [3.63, 3.8) is 0 Å². The second kappa shape index (κ2) is 6.47. The Kier molecular flexibility index (Phi) is 4.43. The van der Waals surface area contributed by atoms with E-state index < -0.39 is 0 Å². The molecule has 1 aliphatic rings. The van der Waals surface area contributed by atoms with E-state index in [1.54, 1.807) is 0 Å². The van der Waals surface area contributed by atoms with Gasteiger partial charge in [-0.3, -0.25) is 4.79 Å². The fourth-order valence-electron chi connectivity index (χ4n) is 2.61. The zero-order valence-corrected chi connectivity index (χ0v) is 13.9. The van der Waals surface area contributed by atoms with Crippen molar-refractivity contribution in [3.05, 3.63) is 63.7 Å². The van der Waals surface area contributed by atoms with Crippen LogP contribution in [0.15, 0.2) is 54.6 Å². The molecule has 0 atom stereocenters. The van der Waals surface area contributed by atoms with E-state index in [0.29, 0.717) is 0 Å². The molecule has 0 aliphatic carbocycles. The maximum Gasteiger partial charge on any atom is 0.254 e. The topological polar surface area (TPSA) is 23.6 Å². The molecule has 0 aromatic heterocycles. The van der Waals surface area contributed by atoms with E-state index >= 15 is 0 Å². The second-order valence-corrected chi connectivity index (χ2v) is 6.37. The molecule has 2 aromatic carbocycles. The Morgan fingerprint density at radius 1 is 0.905 bits per heavy atom. The molecule has 0 radical (unpaired) electrons. The van der Waals surface area contributed by atoms with E-state index in [9.17, 15) is 4.79 Å². The minimum Gasteiger partial charge on any atom is -0.368 e. The van der Waals surface area contributed by atoms with Gasteiger partial charge in [0.2, 0.25) is 0 Å². The number of hydrogen-bond donors (Lipinski definition) is 0. The third-order valence-electron chi connectivity index (χ3n) is 3.76. The van der Waals surface area contributed by atoms with Crippen LogP contribution in [0, 0.1) is 3.57 Å². The highest BCUT2D eigenvalue weighted by molar-refractivity contribution is 14.1. The molecule has 0 bridgehead atoms. The SMILES string of the molecule is O=C(c1cccc(I)c1)N1CCN(c2ccccc2)CC1. The van der Waals surface area contributed by atoms with E-state index in [1.165, 1.54) is 5.69 Å². The molecule has 21 heavy (non-hydrogen) atoms. The van der Waals surface area contributed by atoms with Gasteiger partial charge in [-0.1, -0.05) is 24.3 Å². The van der Waals surface area contributed by atoms with Gasteiger partial charge < -0.3 is 9.80 Å². The number of amides is 1. The largest absolute Gasteiger partial charge is 0.368 e. The summed E-state index contributed by atoms with van der Waals surface area (Å²) in [5.41, 5.74) is 2.02. The summed E-state index contributed by atoms with van der Waals surface area (Å²) in [4.78, 5) is 16.8. The van der Waals surface area contributed by atoms with Gasteiger partial charge in [0.1, 0.15) is 0 Å². The third-order valence-corrected chi connectivity index (χ3v) is 4.43.